The van der Waals surface area contributed by atoms with Crippen molar-refractivity contribution in [3.05, 3.63) is 47.7 Å². The van der Waals surface area contributed by atoms with Crippen LogP contribution >= 0.6 is 11.8 Å². The van der Waals surface area contributed by atoms with E-state index in [4.69, 9.17) is 0 Å². The summed E-state index contributed by atoms with van der Waals surface area (Å²) >= 11 is 1.76. The quantitative estimate of drug-likeness (QED) is 0.831. The van der Waals surface area contributed by atoms with Gasteiger partial charge in [0.25, 0.3) is 0 Å². The highest BCUT2D eigenvalue weighted by molar-refractivity contribution is 7.98. The number of hydrazine groups is 2. The highest BCUT2D eigenvalue weighted by Gasteiger charge is 2.21. The molecule has 0 bridgehead atoms. The monoisotopic (exact) mass is 288 g/mol. The molecular formula is C13H16N6S. The number of hydrazone groups is 1. The third-order valence-electron chi connectivity index (χ3n) is 3.04. The molecule has 1 aliphatic heterocycles. The molecule has 0 saturated heterocycles. The molecule has 0 atom stereocenters. The van der Waals surface area contributed by atoms with E-state index in [9.17, 15) is 0 Å². The van der Waals surface area contributed by atoms with Crippen LogP contribution in [0.5, 0.6) is 0 Å². The summed E-state index contributed by atoms with van der Waals surface area (Å²) in [5.41, 5.74) is 7.98. The summed E-state index contributed by atoms with van der Waals surface area (Å²) in [6.07, 6.45) is 1.84. The van der Waals surface area contributed by atoms with Crippen molar-refractivity contribution in [2.24, 2.45) is 12.1 Å². The lowest BCUT2D eigenvalue weighted by atomic mass is 10.2. The zero-order chi connectivity index (χ0) is 13.9. The third kappa shape index (κ3) is 2.50. The lowest BCUT2D eigenvalue weighted by Gasteiger charge is -2.12. The van der Waals surface area contributed by atoms with E-state index in [1.54, 1.807) is 11.8 Å². The first-order valence-electron chi connectivity index (χ1n) is 6.27. The van der Waals surface area contributed by atoms with Crippen LogP contribution in [0.15, 0.2) is 46.7 Å². The number of hydrogen-bond acceptors (Lipinski definition) is 6. The highest BCUT2D eigenvalue weighted by Crippen LogP contribution is 2.26. The first-order chi connectivity index (χ1) is 9.75. The van der Waals surface area contributed by atoms with Gasteiger partial charge in [-0.25, -0.2) is 5.53 Å². The molecule has 0 aliphatic carbocycles. The maximum absolute atomic E-state index is 4.34. The number of nitrogens with zero attached hydrogens (tertiary/aromatic N) is 4. The van der Waals surface area contributed by atoms with Crippen LogP contribution in [0.25, 0.3) is 0 Å². The van der Waals surface area contributed by atoms with Crippen molar-refractivity contribution in [3.8, 4) is 0 Å². The number of aromatic nitrogens is 2. The Morgan fingerprint density at radius 3 is 2.70 bits per heavy atom. The van der Waals surface area contributed by atoms with Gasteiger partial charge in [-0.05, 0) is 5.56 Å². The molecule has 0 spiro atoms. The van der Waals surface area contributed by atoms with Gasteiger partial charge >= 0.3 is 0 Å². The van der Waals surface area contributed by atoms with Crippen LogP contribution in [-0.2, 0) is 12.8 Å². The maximum Gasteiger partial charge on any atom is 0.177 e. The van der Waals surface area contributed by atoms with E-state index in [0.717, 1.165) is 22.2 Å². The van der Waals surface area contributed by atoms with Crippen LogP contribution < -0.4 is 11.1 Å². The fourth-order valence-electron chi connectivity index (χ4n) is 2.00. The second kappa shape index (κ2) is 5.56. The third-order valence-corrected chi connectivity index (χ3v) is 4.28. The van der Waals surface area contributed by atoms with Gasteiger partial charge in [-0.15, -0.1) is 22.4 Å². The number of aryl methyl sites for hydroxylation is 1. The summed E-state index contributed by atoms with van der Waals surface area (Å²) in [7, 11) is 3.87. The Kier molecular flexibility index (Phi) is 3.62. The highest BCUT2D eigenvalue weighted by atomic mass is 32.2. The molecule has 1 aliphatic rings. The van der Waals surface area contributed by atoms with Crippen LogP contribution in [0.3, 0.4) is 0 Å². The molecule has 1 aromatic heterocycles. The van der Waals surface area contributed by atoms with Gasteiger partial charge in [0, 0.05) is 19.8 Å². The Morgan fingerprint density at radius 1 is 1.20 bits per heavy atom. The number of nitrogens with one attached hydrogen (secondary N) is 2. The number of hydrogen-bond donors (Lipinski definition) is 2. The molecule has 7 heteroatoms. The van der Waals surface area contributed by atoms with Crippen LogP contribution in [-0.4, -0.2) is 27.7 Å². The predicted octanol–water partition coefficient (Wildman–Crippen LogP) is 1.33. The van der Waals surface area contributed by atoms with E-state index in [0.29, 0.717) is 0 Å². The van der Waals surface area contributed by atoms with E-state index in [2.05, 4.69) is 45.5 Å². The fourth-order valence-corrected chi connectivity index (χ4v) is 3.03. The summed E-state index contributed by atoms with van der Waals surface area (Å²) in [6, 6.07) is 10.4. The first kappa shape index (κ1) is 13.0. The second-order valence-electron chi connectivity index (χ2n) is 4.48. The maximum atomic E-state index is 4.34. The minimum atomic E-state index is 0.841. The van der Waals surface area contributed by atoms with E-state index < -0.39 is 0 Å². The van der Waals surface area contributed by atoms with Gasteiger partial charge in [0.05, 0.1) is 11.8 Å². The minimum Gasteiger partial charge on any atom is -0.274 e. The van der Waals surface area contributed by atoms with Crippen molar-refractivity contribution in [1.29, 1.82) is 0 Å². The molecule has 1 aromatic carbocycles. The minimum absolute atomic E-state index is 0.841. The molecule has 20 heavy (non-hydrogen) atoms. The van der Waals surface area contributed by atoms with Gasteiger partial charge in [-0.1, -0.05) is 30.3 Å². The summed E-state index contributed by atoms with van der Waals surface area (Å²) in [5, 5.41) is 11.5. The molecule has 6 nitrogen and oxygen atoms in total. The lowest BCUT2D eigenvalue weighted by Crippen LogP contribution is -2.37. The Labute approximate surface area is 121 Å². The molecule has 0 saturated carbocycles. The van der Waals surface area contributed by atoms with Gasteiger partial charge in [0.2, 0.25) is 0 Å². The number of thioether (sulfide) groups is 1. The van der Waals surface area contributed by atoms with Crippen molar-refractivity contribution in [2.75, 3.05) is 7.05 Å². The van der Waals surface area contributed by atoms with Crippen molar-refractivity contribution >= 4 is 17.6 Å². The first-order valence-corrected chi connectivity index (χ1v) is 7.25. The topological polar surface area (TPSA) is 57.5 Å². The Morgan fingerprint density at radius 2 is 2.00 bits per heavy atom. The van der Waals surface area contributed by atoms with Crippen molar-refractivity contribution in [1.82, 2.24) is 25.9 Å². The fraction of sp³-hybridized carbons (Fsp3) is 0.231. The van der Waals surface area contributed by atoms with Gasteiger partial charge in [-0.2, -0.15) is 5.10 Å². The van der Waals surface area contributed by atoms with Gasteiger partial charge in [0.15, 0.2) is 5.84 Å². The SMILES string of the molecule is CN1NNN=C1c1cnn(C)c1SCc1ccccc1. The number of rotatable bonds is 4. The zero-order valence-electron chi connectivity index (χ0n) is 11.4. The van der Waals surface area contributed by atoms with Crippen LogP contribution in [0, 0.1) is 0 Å². The molecule has 0 radical (unpaired) electrons. The summed E-state index contributed by atoms with van der Waals surface area (Å²) in [5.74, 6) is 1.75. The Hall–Kier alpha value is -1.99. The molecule has 2 heterocycles. The average molecular weight is 288 g/mol. The Balaban J connectivity index is 1.81. The summed E-state index contributed by atoms with van der Waals surface area (Å²) < 4.78 is 1.89. The van der Waals surface area contributed by atoms with Crippen LogP contribution in [0.2, 0.25) is 0 Å². The second-order valence-corrected chi connectivity index (χ2v) is 5.44. The molecule has 3 rings (SSSR count). The normalized spacial score (nSPS) is 14.3. The standard InChI is InChI=1S/C13H16N6S/c1-18-12(15-16-17-18)11-8-14-19(2)13(11)20-9-10-6-4-3-5-7-10/h3-8,16-17H,9H2,1-2H3. The van der Waals surface area contributed by atoms with Crippen molar-refractivity contribution in [2.45, 2.75) is 10.8 Å². The number of benzene rings is 1. The Bertz CT molecular complexity index is 621. The van der Waals surface area contributed by atoms with Crippen molar-refractivity contribution < 1.29 is 0 Å². The molecular weight excluding hydrogens is 272 g/mol. The molecule has 2 N–H and O–H groups in total. The molecule has 104 valence electrons. The summed E-state index contributed by atoms with van der Waals surface area (Å²) in [4.78, 5) is 0. The largest absolute Gasteiger partial charge is 0.274 e. The van der Waals surface area contributed by atoms with Gasteiger partial charge < -0.3 is 0 Å². The lowest BCUT2D eigenvalue weighted by molar-refractivity contribution is 0.348. The number of amidine groups is 1. The smallest absolute Gasteiger partial charge is 0.177 e. The zero-order valence-corrected chi connectivity index (χ0v) is 12.2. The molecule has 0 fully saturated rings. The summed E-state index contributed by atoms with van der Waals surface area (Å²) in [6.45, 7) is 0. The van der Waals surface area contributed by atoms with E-state index >= 15 is 0 Å². The van der Waals surface area contributed by atoms with E-state index in [1.165, 1.54) is 5.56 Å². The van der Waals surface area contributed by atoms with E-state index in [-0.39, 0.29) is 0 Å². The molecule has 0 amide bonds. The predicted molar refractivity (Wildman–Crippen MR) is 79.8 cm³/mol. The van der Waals surface area contributed by atoms with Gasteiger partial charge in [-0.3, -0.25) is 9.69 Å². The van der Waals surface area contributed by atoms with Crippen LogP contribution in [0.4, 0.5) is 0 Å². The van der Waals surface area contributed by atoms with E-state index in [1.807, 2.05) is 36.0 Å². The molecule has 0 unspecified atom stereocenters. The molecule has 2 aromatic rings. The van der Waals surface area contributed by atoms with Gasteiger partial charge in [0.1, 0.15) is 5.03 Å². The van der Waals surface area contributed by atoms with Crippen LogP contribution in [0.1, 0.15) is 11.1 Å². The van der Waals surface area contributed by atoms with Crippen molar-refractivity contribution in [3.63, 3.8) is 0 Å². The average Bonchev–Trinajstić information content (AvgIpc) is 3.04.